The Morgan fingerprint density at radius 1 is 1.38 bits per heavy atom. The van der Waals surface area contributed by atoms with Gasteiger partial charge in [0.05, 0.1) is 0 Å². The van der Waals surface area contributed by atoms with Crippen molar-refractivity contribution < 1.29 is 9.21 Å². The minimum absolute atomic E-state index is 0.141. The molecule has 4 heteroatoms. The van der Waals surface area contributed by atoms with Gasteiger partial charge in [0.25, 0.3) is 5.91 Å². The van der Waals surface area contributed by atoms with Crippen molar-refractivity contribution in [3.05, 3.63) is 30.0 Å². The van der Waals surface area contributed by atoms with Crippen LogP contribution < -0.4 is 11.1 Å². The van der Waals surface area contributed by atoms with Gasteiger partial charge in [-0.2, -0.15) is 0 Å². The van der Waals surface area contributed by atoms with E-state index in [0.717, 1.165) is 18.2 Å². The molecule has 0 saturated heterocycles. The first kappa shape index (κ1) is 9.27. The van der Waals surface area contributed by atoms with Gasteiger partial charge in [-0.1, -0.05) is 0 Å². The molecule has 1 heterocycles. The van der Waals surface area contributed by atoms with Gasteiger partial charge >= 0.3 is 0 Å². The number of hydrogen-bond acceptors (Lipinski definition) is 3. The summed E-state index contributed by atoms with van der Waals surface area (Å²) < 4.78 is 5.45. The van der Waals surface area contributed by atoms with Crippen LogP contribution in [0, 0.1) is 0 Å². The van der Waals surface area contributed by atoms with Gasteiger partial charge in [0.15, 0.2) is 5.76 Å². The number of hydrogen-bond donors (Lipinski definition) is 2. The summed E-state index contributed by atoms with van der Waals surface area (Å²) in [6, 6.07) is 7.40. The van der Waals surface area contributed by atoms with E-state index in [1.165, 1.54) is 0 Å². The van der Waals surface area contributed by atoms with Crippen molar-refractivity contribution in [2.24, 2.45) is 0 Å². The van der Waals surface area contributed by atoms with E-state index in [1.807, 2.05) is 0 Å². The number of fused-ring (bicyclic) bond motifs is 1. The molecule has 0 spiro atoms. The molecule has 1 fully saturated rings. The molecular weight excluding hydrogens is 204 g/mol. The summed E-state index contributed by atoms with van der Waals surface area (Å²) in [4.78, 5) is 11.7. The number of furan rings is 1. The molecule has 2 aromatic rings. The molecule has 0 unspecified atom stereocenters. The molecule has 0 radical (unpaired) electrons. The van der Waals surface area contributed by atoms with Crippen molar-refractivity contribution in [3.8, 4) is 0 Å². The molecule has 1 saturated carbocycles. The number of nitrogen functional groups attached to an aromatic ring is 1. The highest BCUT2D eigenvalue weighted by molar-refractivity contribution is 5.96. The van der Waals surface area contributed by atoms with Gasteiger partial charge in [-0.15, -0.1) is 0 Å². The highest BCUT2D eigenvalue weighted by atomic mass is 16.3. The van der Waals surface area contributed by atoms with E-state index in [-0.39, 0.29) is 5.91 Å². The van der Waals surface area contributed by atoms with Crippen molar-refractivity contribution in [2.75, 3.05) is 5.73 Å². The number of carbonyl (C=O) groups is 1. The van der Waals surface area contributed by atoms with Crippen LogP contribution in [0.15, 0.2) is 28.7 Å². The first-order valence-corrected chi connectivity index (χ1v) is 5.32. The van der Waals surface area contributed by atoms with Crippen molar-refractivity contribution in [1.29, 1.82) is 0 Å². The predicted molar refractivity (Wildman–Crippen MR) is 61.1 cm³/mol. The highest BCUT2D eigenvalue weighted by Gasteiger charge is 2.25. The lowest BCUT2D eigenvalue weighted by atomic mass is 10.2. The normalized spacial score (nSPS) is 15.2. The smallest absolute Gasteiger partial charge is 0.287 e. The molecule has 16 heavy (non-hydrogen) atoms. The number of carbonyl (C=O) groups excluding carboxylic acids is 1. The zero-order chi connectivity index (χ0) is 11.1. The standard InChI is InChI=1S/C12H12N2O2/c13-8-1-4-10-7(5-8)6-11(16-10)12(15)14-9-2-3-9/h1,4-6,9H,2-3,13H2,(H,14,15). The Hall–Kier alpha value is -1.97. The Morgan fingerprint density at radius 3 is 2.94 bits per heavy atom. The number of amides is 1. The first-order valence-electron chi connectivity index (χ1n) is 5.32. The second kappa shape index (κ2) is 3.27. The van der Waals surface area contributed by atoms with Gasteiger partial charge in [0.1, 0.15) is 5.58 Å². The largest absolute Gasteiger partial charge is 0.451 e. The number of anilines is 1. The van der Waals surface area contributed by atoms with Crippen LogP contribution >= 0.6 is 0 Å². The van der Waals surface area contributed by atoms with E-state index in [4.69, 9.17) is 10.2 Å². The van der Waals surface area contributed by atoms with E-state index in [2.05, 4.69) is 5.32 Å². The molecule has 1 aliphatic carbocycles. The molecule has 1 aliphatic rings. The molecule has 0 aliphatic heterocycles. The maximum atomic E-state index is 11.7. The van der Waals surface area contributed by atoms with Gasteiger partial charge in [-0.3, -0.25) is 4.79 Å². The number of rotatable bonds is 2. The minimum Gasteiger partial charge on any atom is -0.451 e. The van der Waals surface area contributed by atoms with Gasteiger partial charge in [0, 0.05) is 17.1 Å². The monoisotopic (exact) mass is 216 g/mol. The van der Waals surface area contributed by atoms with Gasteiger partial charge in [-0.25, -0.2) is 0 Å². The summed E-state index contributed by atoms with van der Waals surface area (Å²) in [6.45, 7) is 0. The van der Waals surface area contributed by atoms with E-state index in [0.29, 0.717) is 23.1 Å². The van der Waals surface area contributed by atoms with Crippen molar-refractivity contribution in [2.45, 2.75) is 18.9 Å². The Kier molecular flexibility index (Phi) is 1.89. The first-order chi connectivity index (χ1) is 7.72. The number of benzene rings is 1. The van der Waals surface area contributed by atoms with Crippen LogP contribution in [0.2, 0.25) is 0 Å². The lowest BCUT2D eigenvalue weighted by Crippen LogP contribution is -2.24. The Morgan fingerprint density at radius 2 is 2.19 bits per heavy atom. The SMILES string of the molecule is Nc1ccc2oc(C(=O)NC3CC3)cc2c1. The van der Waals surface area contributed by atoms with Crippen LogP contribution in [0.5, 0.6) is 0 Å². The molecule has 1 aromatic heterocycles. The van der Waals surface area contributed by atoms with Crippen molar-refractivity contribution >= 4 is 22.6 Å². The third-order valence-corrected chi connectivity index (χ3v) is 2.68. The van der Waals surface area contributed by atoms with Gasteiger partial charge in [0.2, 0.25) is 0 Å². The van der Waals surface area contributed by atoms with Crippen LogP contribution in [0.25, 0.3) is 11.0 Å². The lowest BCUT2D eigenvalue weighted by Gasteiger charge is -1.97. The number of nitrogens with two attached hydrogens (primary N) is 1. The molecule has 0 atom stereocenters. The fourth-order valence-corrected chi connectivity index (χ4v) is 1.66. The number of nitrogens with one attached hydrogen (secondary N) is 1. The van der Waals surface area contributed by atoms with Crippen molar-refractivity contribution in [3.63, 3.8) is 0 Å². The summed E-state index contributed by atoms with van der Waals surface area (Å²) in [6.07, 6.45) is 2.14. The summed E-state index contributed by atoms with van der Waals surface area (Å²) in [5.74, 6) is 0.213. The van der Waals surface area contributed by atoms with E-state index in [1.54, 1.807) is 24.3 Å². The molecule has 4 nitrogen and oxygen atoms in total. The van der Waals surface area contributed by atoms with E-state index in [9.17, 15) is 4.79 Å². The fraction of sp³-hybridized carbons (Fsp3) is 0.250. The third kappa shape index (κ3) is 1.62. The Labute approximate surface area is 92.4 Å². The minimum atomic E-state index is -0.141. The molecule has 3 rings (SSSR count). The molecule has 0 bridgehead atoms. The van der Waals surface area contributed by atoms with E-state index >= 15 is 0 Å². The van der Waals surface area contributed by atoms with E-state index < -0.39 is 0 Å². The third-order valence-electron chi connectivity index (χ3n) is 2.68. The zero-order valence-electron chi connectivity index (χ0n) is 8.69. The summed E-state index contributed by atoms with van der Waals surface area (Å²) in [5.41, 5.74) is 7.02. The van der Waals surface area contributed by atoms with Crippen molar-refractivity contribution in [1.82, 2.24) is 5.32 Å². The van der Waals surface area contributed by atoms with Crippen LogP contribution in [-0.4, -0.2) is 11.9 Å². The maximum absolute atomic E-state index is 11.7. The second-order valence-electron chi connectivity index (χ2n) is 4.16. The lowest BCUT2D eigenvalue weighted by molar-refractivity contribution is 0.0925. The van der Waals surface area contributed by atoms with Gasteiger partial charge in [-0.05, 0) is 37.1 Å². The highest BCUT2D eigenvalue weighted by Crippen LogP contribution is 2.23. The molecule has 82 valence electrons. The zero-order valence-corrected chi connectivity index (χ0v) is 8.69. The maximum Gasteiger partial charge on any atom is 0.287 e. The van der Waals surface area contributed by atoms with Crippen LogP contribution in [0.3, 0.4) is 0 Å². The average molecular weight is 216 g/mol. The Balaban J connectivity index is 1.94. The molecular formula is C12H12N2O2. The van der Waals surface area contributed by atoms with Crippen LogP contribution in [0.4, 0.5) is 5.69 Å². The molecule has 3 N–H and O–H groups in total. The molecule has 1 aromatic carbocycles. The van der Waals surface area contributed by atoms with Gasteiger partial charge < -0.3 is 15.5 Å². The summed E-state index contributed by atoms with van der Waals surface area (Å²) in [7, 11) is 0. The van der Waals surface area contributed by atoms with Crippen LogP contribution in [-0.2, 0) is 0 Å². The summed E-state index contributed by atoms with van der Waals surface area (Å²) >= 11 is 0. The topological polar surface area (TPSA) is 68.3 Å². The quantitative estimate of drug-likeness (QED) is 0.753. The molecule has 1 amide bonds. The van der Waals surface area contributed by atoms with Crippen LogP contribution in [0.1, 0.15) is 23.4 Å². The predicted octanol–water partition coefficient (Wildman–Crippen LogP) is 1.91. The second-order valence-corrected chi connectivity index (χ2v) is 4.16. The fourth-order valence-electron chi connectivity index (χ4n) is 1.66. The average Bonchev–Trinajstić information content (AvgIpc) is 2.95. The Bertz CT molecular complexity index is 555. The summed E-state index contributed by atoms with van der Waals surface area (Å²) in [5, 5.41) is 3.74.